The van der Waals surface area contributed by atoms with Gasteiger partial charge in [-0.1, -0.05) is 0 Å². The molecule has 0 unspecified atom stereocenters. The molecular formula is C25H44O20. The maximum atomic E-state index is 11.0. The molecule has 0 radical (unpaired) electrons. The maximum Gasteiger partial charge on any atom is 0.187 e. The average molecular weight is 665 g/mol. The van der Waals surface area contributed by atoms with Crippen molar-refractivity contribution in [1.29, 1.82) is 0 Å². The predicted octanol–water partition coefficient (Wildman–Crippen LogP) is -8.68. The van der Waals surface area contributed by atoms with Gasteiger partial charge in [-0.05, 0) is 6.92 Å². The van der Waals surface area contributed by atoms with Crippen molar-refractivity contribution >= 4 is 0 Å². The smallest absolute Gasteiger partial charge is 0.187 e. The van der Waals surface area contributed by atoms with E-state index in [1.165, 1.54) is 6.92 Å². The van der Waals surface area contributed by atoms with E-state index < -0.39 is 149 Å². The first-order chi connectivity index (χ1) is 21.3. The van der Waals surface area contributed by atoms with Crippen LogP contribution in [0.2, 0.25) is 0 Å². The van der Waals surface area contributed by atoms with Gasteiger partial charge in [0.25, 0.3) is 0 Å². The van der Waals surface area contributed by atoms with Crippen LogP contribution in [0.1, 0.15) is 6.92 Å². The van der Waals surface area contributed by atoms with Crippen molar-refractivity contribution < 1.29 is 99.5 Å². The van der Waals surface area contributed by atoms with E-state index in [2.05, 4.69) is 0 Å². The van der Waals surface area contributed by atoms with Crippen LogP contribution in [0.15, 0.2) is 0 Å². The molecule has 13 N–H and O–H groups in total. The molecule has 0 spiro atoms. The molecule has 4 aliphatic rings. The molecule has 0 saturated carbocycles. The van der Waals surface area contributed by atoms with Crippen molar-refractivity contribution in [1.82, 2.24) is 0 Å². The highest BCUT2D eigenvalue weighted by atomic mass is 16.8. The van der Waals surface area contributed by atoms with Crippen molar-refractivity contribution in [2.75, 3.05) is 26.4 Å². The van der Waals surface area contributed by atoms with Gasteiger partial charge in [0.1, 0.15) is 97.7 Å². The third kappa shape index (κ3) is 7.45. The first-order valence-electron chi connectivity index (χ1n) is 14.4. The molecule has 20 heteroatoms. The molecule has 0 amide bonds. The van der Waals surface area contributed by atoms with E-state index in [0.717, 1.165) is 0 Å². The molecular weight excluding hydrogens is 620 g/mol. The summed E-state index contributed by atoms with van der Waals surface area (Å²) in [5.41, 5.74) is 0. The third-order valence-electron chi connectivity index (χ3n) is 8.46. The Morgan fingerprint density at radius 2 is 0.733 bits per heavy atom. The topological polar surface area (TPSA) is 328 Å². The Balaban J connectivity index is 1.52. The fraction of sp³-hybridized carbons (Fsp3) is 1.00. The van der Waals surface area contributed by atoms with E-state index in [-0.39, 0.29) is 0 Å². The van der Waals surface area contributed by atoms with Crippen molar-refractivity contribution in [2.45, 2.75) is 130 Å². The van der Waals surface area contributed by atoms with Crippen LogP contribution in [-0.4, -0.2) is 215 Å². The lowest BCUT2D eigenvalue weighted by Crippen LogP contribution is -2.67. The zero-order chi connectivity index (χ0) is 33.3. The highest BCUT2D eigenvalue weighted by molar-refractivity contribution is 4.98. The first-order valence-corrected chi connectivity index (χ1v) is 14.4. The van der Waals surface area contributed by atoms with Crippen LogP contribution in [0.3, 0.4) is 0 Å². The summed E-state index contributed by atoms with van der Waals surface area (Å²) in [5, 5.41) is 133. The van der Waals surface area contributed by atoms with Crippen LogP contribution < -0.4 is 0 Å². The quantitative estimate of drug-likeness (QED) is 0.103. The van der Waals surface area contributed by atoms with E-state index in [4.69, 9.17) is 33.2 Å². The van der Waals surface area contributed by atoms with E-state index in [9.17, 15) is 66.4 Å². The standard InChI is InChI=1S/C25H44O20/c1-6-20(43-23-17(36)14(33)11(30)7(2-26)40-23)22(13(32)9(4-28)39-6)45-25-19(38)16(35)21(10(5-29)42-25)44-24-18(37)15(34)12(31)8(3-27)41-24/h6-38H,2-5H2,1H3/t6-,7+,8+,9+,10+,11+,12+,13+,14-,15-,16+,17+,18+,19+,20-,21+,22-,23-,24-,25-/m0/s1. The molecule has 4 saturated heterocycles. The van der Waals surface area contributed by atoms with Gasteiger partial charge in [-0.25, -0.2) is 0 Å². The second kappa shape index (κ2) is 15.6. The number of aliphatic hydroxyl groups excluding tert-OH is 13. The minimum absolute atomic E-state index is 0.705. The van der Waals surface area contributed by atoms with E-state index in [1.807, 2.05) is 0 Å². The summed E-state index contributed by atoms with van der Waals surface area (Å²) in [4.78, 5) is 0. The van der Waals surface area contributed by atoms with Gasteiger partial charge in [-0.15, -0.1) is 0 Å². The number of aliphatic hydroxyl groups is 13. The van der Waals surface area contributed by atoms with E-state index in [0.29, 0.717) is 0 Å². The van der Waals surface area contributed by atoms with E-state index >= 15 is 0 Å². The van der Waals surface area contributed by atoms with Gasteiger partial charge in [-0.2, -0.15) is 0 Å². The van der Waals surface area contributed by atoms with E-state index in [1.54, 1.807) is 0 Å². The molecule has 4 aliphatic heterocycles. The number of ether oxygens (including phenoxy) is 7. The van der Waals surface area contributed by atoms with Crippen LogP contribution in [0.25, 0.3) is 0 Å². The summed E-state index contributed by atoms with van der Waals surface area (Å²) < 4.78 is 39.0. The lowest BCUT2D eigenvalue weighted by molar-refractivity contribution is -0.383. The third-order valence-corrected chi connectivity index (χ3v) is 8.46. The Kier molecular flexibility index (Phi) is 12.8. The Morgan fingerprint density at radius 3 is 1.18 bits per heavy atom. The first kappa shape index (κ1) is 37.0. The Hall–Kier alpha value is -0.800. The van der Waals surface area contributed by atoms with Crippen molar-refractivity contribution in [2.24, 2.45) is 0 Å². The van der Waals surface area contributed by atoms with Crippen LogP contribution in [0.5, 0.6) is 0 Å². The van der Waals surface area contributed by atoms with Gasteiger partial charge < -0.3 is 99.5 Å². The molecule has 20 atom stereocenters. The Labute approximate surface area is 256 Å². The van der Waals surface area contributed by atoms with Gasteiger partial charge in [0.15, 0.2) is 18.9 Å². The lowest BCUT2D eigenvalue weighted by atomic mass is 9.93. The summed E-state index contributed by atoms with van der Waals surface area (Å²) in [6, 6.07) is 0. The van der Waals surface area contributed by atoms with Gasteiger partial charge in [-0.3, -0.25) is 0 Å². The molecule has 4 rings (SSSR count). The van der Waals surface area contributed by atoms with Gasteiger partial charge in [0.2, 0.25) is 0 Å². The van der Waals surface area contributed by atoms with Crippen LogP contribution in [0, 0.1) is 0 Å². The molecule has 264 valence electrons. The summed E-state index contributed by atoms with van der Waals surface area (Å²) in [6.07, 6.45) is -32.8. The fourth-order valence-electron chi connectivity index (χ4n) is 5.76. The molecule has 0 aromatic carbocycles. The Bertz CT molecular complexity index is 912. The summed E-state index contributed by atoms with van der Waals surface area (Å²) >= 11 is 0. The SMILES string of the molecule is C[C@@H]1O[C@H](CO)[C@@H](O)[C@H](O[C@@H]2O[C@H](CO)[C@@H](O[C@@H]3O[C@H](CO)[C@@H](O)[C@H](O)[C@H]3O)[C@H](O)[C@H]2O)[C@H]1O[C@@H]1O[C@H](CO)[C@@H](O)[C@H](O)[C@H]1O. The highest BCUT2D eigenvalue weighted by Gasteiger charge is 2.55. The molecule has 45 heavy (non-hydrogen) atoms. The lowest BCUT2D eigenvalue weighted by Gasteiger charge is -2.49. The van der Waals surface area contributed by atoms with Crippen LogP contribution in [-0.2, 0) is 33.2 Å². The second-order valence-electron chi connectivity index (χ2n) is 11.5. The second-order valence-corrected chi connectivity index (χ2v) is 11.5. The van der Waals surface area contributed by atoms with Crippen molar-refractivity contribution in [3.63, 3.8) is 0 Å². The van der Waals surface area contributed by atoms with Crippen molar-refractivity contribution in [3.8, 4) is 0 Å². The van der Waals surface area contributed by atoms with Gasteiger partial charge in [0, 0.05) is 0 Å². The highest BCUT2D eigenvalue weighted by Crippen LogP contribution is 2.34. The molecule has 4 heterocycles. The maximum absolute atomic E-state index is 11.0. The normalized spacial score (nSPS) is 52.9. The van der Waals surface area contributed by atoms with Crippen LogP contribution in [0.4, 0.5) is 0 Å². The monoisotopic (exact) mass is 664 g/mol. The molecule has 0 aliphatic carbocycles. The van der Waals surface area contributed by atoms with Crippen LogP contribution >= 0.6 is 0 Å². The fourth-order valence-corrected chi connectivity index (χ4v) is 5.76. The zero-order valence-corrected chi connectivity index (χ0v) is 24.0. The number of hydrogen-bond acceptors (Lipinski definition) is 20. The van der Waals surface area contributed by atoms with Crippen molar-refractivity contribution in [3.05, 3.63) is 0 Å². The number of rotatable bonds is 10. The zero-order valence-electron chi connectivity index (χ0n) is 24.0. The molecule has 0 bridgehead atoms. The van der Waals surface area contributed by atoms with Gasteiger partial charge in [0.05, 0.1) is 32.5 Å². The summed E-state index contributed by atoms with van der Waals surface area (Å²) in [7, 11) is 0. The van der Waals surface area contributed by atoms with Gasteiger partial charge >= 0.3 is 0 Å². The molecule has 4 fully saturated rings. The summed E-state index contributed by atoms with van der Waals surface area (Å²) in [5.74, 6) is 0. The molecule has 0 aromatic rings. The molecule has 0 aromatic heterocycles. The minimum atomic E-state index is -1.99. The summed E-state index contributed by atoms with van der Waals surface area (Å²) in [6.45, 7) is -1.67. The minimum Gasteiger partial charge on any atom is -0.394 e. The Morgan fingerprint density at radius 1 is 0.378 bits per heavy atom. The largest absolute Gasteiger partial charge is 0.394 e. The average Bonchev–Trinajstić information content (AvgIpc) is 3.03. The molecule has 20 nitrogen and oxygen atoms in total. The number of hydrogen-bond donors (Lipinski definition) is 13. The predicted molar refractivity (Wildman–Crippen MR) is 137 cm³/mol.